The minimum Gasteiger partial charge on any atom is -0.384 e. The number of nitro benzene ring substituents is 1. The lowest BCUT2D eigenvalue weighted by Crippen LogP contribution is -2.16. The van der Waals surface area contributed by atoms with Crippen molar-refractivity contribution in [3.8, 4) is 0 Å². The fraction of sp³-hybridized carbons (Fsp3) is 0.500. The topological polar surface area (TPSA) is 58.4 Å². The predicted molar refractivity (Wildman–Crippen MR) is 77.2 cm³/mol. The molecule has 0 amide bonds. The van der Waals surface area contributed by atoms with Crippen LogP contribution in [0.3, 0.4) is 0 Å². The Bertz CT molecular complexity index is 436. The first-order valence-electron chi connectivity index (χ1n) is 5.75. The Hall–Kier alpha value is -1.14. The van der Waals surface area contributed by atoms with Crippen molar-refractivity contribution in [2.75, 3.05) is 32.5 Å². The lowest BCUT2D eigenvalue weighted by atomic mass is 10.2. The fourth-order valence-electron chi connectivity index (χ4n) is 1.62. The Labute approximate surface area is 115 Å². The lowest BCUT2D eigenvalue weighted by Gasteiger charge is -2.12. The number of hydrogen-bond acceptors (Lipinski definition) is 4. The van der Waals surface area contributed by atoms with Crippen molar-refractivity contribution in [1.29, 1.82) is 0 Å². The number of halogens is 1. The highest BCUT2D eigenvalue weighted by molar-refractivity contribution is 9.10. The van der Waals surface area contributed by atoms with E-state index >= 15 is 0 Å². The first-order chi connectivity index (χ1) is 8.41. The first-order valence-corrected chi connectivity index (χ1v) is 6.54. The van der Waals surface area contributed by atoms with Gasteiger partial charge in [0.2, 0.25) is 0 Å². The van der Waals surface area contributed by atoms with Crippen LogP contribution in [0.2, 0.25) is 0 Å². The zero-order chi connectivity index (χ0) is 13.7. The molecule has 0 spiro atoms. The molecule has 1 aromatic rings. The van der Waals surface area contributed by atoms with Gasteiger partial charge in [0, 0.05) is 28.3 Å². The number of nitrogens with zero attached hydrogens (tertiary/aromatic N) is 2. The Morgan fingerprint density at radius 2 is 2.11 bits per heavy atom. The van der Waals surface area contributed by atoms with Crippen LogP contribution in [-0.2, 0) is 0 Å². The molecule has 0 unspecified atom stereocenters. The zero-order valence-corrected chi connectivity index (χ0v) is 12.5. The molecule has 6 heteroatoms. The second kappa shape index (κ2) is 6.70. The van der Waals surface area contributed by atoms with E-state index < -0.39 is 0 Å². The minimum atomic E-state index is -0.365. The van der Waals surface area contributed by atoms with E-state index in [1.807, 2.05) is 14.1 Å². The Morgan fingerprint density at radius 1 is 1.44 bits per heavy atom. The average molecular weight is 316 g/mol. The number of aryl methyl sites for hydroxylation is 1. The predicted octanol–water partition coefficient (Wildman–Crippen LogP) is 3.03. The van der Waals surface area contributed by atoms with Gasteiger partial charge in [-0.05, 0) is 56.0 Å². The third kappa shape index (κ3) is 4.27. The van der Waals surface area contributed by atoms with Crippen molar-refractivity contribution >= 4 is 27.3 Å². The summed E-state index contributed by atoms with van der Waals surface area (Å²) in [6.45, 7) is 3.60. The van der Waals surface area contributed by atoms with Crippen LogP contribution in [-0.4, -0.2) is 37.0 Å². The van der Waals surface area contributed by atoms with Crippen molar-refractivity contribution in [2.24, 2.45) is 0 Å². The van der Waals surface area contributed by atoms with Gasteiger partial charge in [-0.2, -0.15) is 0 Å². The van der Waals surface area contributed by atoms with Gasteiger partial charge in [0.1, 0.15) is 0 Å². The number of anilines is 1. The average Bonchev–Trinajstić information content (AvgIpc) is 2.27. The Balaban J connectivity index is 2.67. The summed E-state index contributed by atoms with van der Waals surface area (Å²) >= 11 is 3.35. The van der Waals surface area contributed by atoms with Crippen LogP contribution < -0.4 is 5.32 Å². The summed E-state index contributed by atoms with van der Waals surface area (Å²) in [5.74, 6) is 0. The molecule has 1 rings (SSSR count). The molecule has 100 valence electrons. The van der Waals surface area contributed by atoms with Crippen LogP contribution in [0.15, 0.2) is 16.6 Å². The molecule has 0 saturated carbocycles. The summed E-state index contributed by atoms with van der Waals surface area (Å²) < 4.78 is 0.727. The van der Waals surface area contributed by atoms with Gasteiger partial charge in [-0.3, -0.25) is 10.1 Å². The Morgan fingerprint density at radius 3 is 2.67 bits per heavy atom. The van der Waals surface area contributed by atoms with Crippen LogP contribution in [0.5, 0.6) is 0 Å². The van der Waals surface area contributed by atoms with E-state index in [0.717, 1.165) is 29.7 Å². The van der Waals surface area contributed by atoms with Crippen LogP contribution in [0, 0.1) is 17.0 Å². The summed E-state index contributed by atoms with van der Waals surface area (Å²) in [5.41, 5.74) is 1.70. The molecule has 0 aliphatic carbocycles. The number of hydrogen-bond donors (Lipinski definition) is 1. The summed E-state index contributed by atoms with van der Waals surface area (Å²) in [6.07, 6.45) is 1.02. The monoisotopic (exact) mass is 315 g/mol. The normalized spacial score (nSPS) is 10.7. The molecule has 0 aliphatic rings. The lowest BCUT2D eigenvalue weighted by molar-refractivity contribution is -0.385. The molecule has 0 atom stereocenters. The standard InChI is InChI=1S/C12H18BrN3O2/c1-9-7-11(14-5-4-6-15(2)3)10(13)8-12(9)16(17)18/h7-8,14H,4-6H2,1-3H3. The van der Waals surface area contributed by atoms with Crippen LogP contribution in [0.1, 0.15) is 12.0 Å². The smallest absolute Gasteiger partial charge is 0.273 e. The molecule has 0 radical (unpaired) electrons. The summed E-state index contributed by atoms with van der Waals surface area (Å²) in [6, 6.07) is 3.35. The van der Waals surface area contributed by atoms with Gasteiger partial charge < -0.3 is 10.2 Å². The van der Waals surface area contributed by atoms with Crippen LogP contribution in [0.25, 0.3) is 0 Å². The van der Waals surface area contributed by atoms with Crippen molar-refractivity contribution < 1.29 is 4.92 Å². The van der Waals surface area contributed by atoms with E-state index in [2.05, 4.69) is 26.1 Å². The summed E-state index contributed by atoms with van der Waals surface area (Å²) in [7, 11) is 4.07. The zero-order valence-electron chi connectivity index (χ0n) is 10.9. The molecule has 1 aromatic carbocycles. The maximum atomic E-state index is 10.8. The van der Waals surface area contributed by atoms with Crippen LogP contribution >= 0.6 is 15.9 Å². The maximum absolute atomic E-state index is 10.8. The largest absolute Gasteiger partial charge is 0.384 e. The Kier molecular flexibility index (Phi) is 5.55. The number of rotatable bonds is 6. The van der Waals surface area contributed by atoms with E-state index in [4.69, 9.17) is 0 Å². The quantitative estimate of drug-likeness (QED) is 0.498. The molecule has 0 aliphatic heterocycles. The van der Waals surface area contributed by atoms with Gasteiger partial charge in [0.15, 0.2) is 0 Å². The fourth-order valence-corrected chi connectivity index (χ4v) is 2.09. The SMILES string of the molecule is Cc1cc(NCCCN(C)C)c(Br)cc1[N+](=O)[O-]. The van der Waals surface area contributed by atoms with Crippen molar-refractivity contribution in [2.45, 2.75) is 13.3 Å². The van der Waals surface area contributed by atoms with Gasteiger partial charge in [-0.1, -0.05) is 0 Å². The minimum absolute atomic E-state index is 0.140. The first kappa shape index (κ1) is 14.9. The van der Waals surface area contributed by atoms with Gasteiger partial charge >= 0.3 is 0 Å². The molecular formula is C12H18BrN3O2. The molecule has 1 N–H and O–H groups in total. The van der Waals surface area contributed by atoms with Crippen LogP contribution in [0.4, 0.5) is 11.4 Å². The van der Waals surface area contributed by atoms with E-state index in [9.17, 15) is 10.1 Å². The molecule has 18 heavy (non-hydrogen) atoms. The molecule has 0 fully saturated rings. The number of benzene rings is 1. The number of nitrogens with one attached hydrogen (secondary N) is 1. The highest BCUT2D eigenvalue weighted by Gasteiger charge is 2.13. The molecule has 0 bridgehead atoms. The molecule has 0 aromatic heterocycles. The number of nitro groups is 1. The third-order valence-corrected chi connectivity index (χ3v) is 3.24. The molecule has 5 nitrogen and oxygen atoms in total. The van der Waals surface area contributed by atoms with Gasteiger partial charge in [0.25, 0.3) is 5.69 Å². The highest BCUT2D eigenvalue weighted by Crippen LogP contribution is 2.30. The van der Waals surface area contributed by atoms with Crippen molar-refractivity contribution in [3.63, 3.8) is 0 Å². The highest BCUT2D eigenvalue weighted by atomic mass is 79.9. The van der Waals surface area contributed by atoms with E-state index in [0.29, 0.717) is 5.56 Å². The maximum Gasteiger partial charge on any atom is 0.273 e. The molecular weight excluding hydrogens is 298 g/mol. The third-order valence-electron chi connectivity index (χ3n) is 2.58. The second-order valence-electron chi connectivity index (χ2n) is 4.46. The van der Waals surface area contributed by atoms with Gasteiger partial charge in [-0.25, -0.2) is 0 Å². The van der Waals surface area contributed by atoms with E-state index in [1.165, 1.54) is 0 Å². The summed E-state index contributed by atoms with van der Waals surface area (Å²) in [5, 5.41) is 14.1. The van der Waals surface area contributed by atoms with Crippen molar-refractivity contribution in [3.05, 3.63) is 32.3 Å². The van der Waals surface area contributed by atoms with E-state index in [1.54, 1.807) is 19.1 Å². The second-order valence-corrected chi connectivity index (χ2v) is 5.31. The van der Waals surface area contributed by atoms with E-state index in [-0.39, 0.29) is 10.6 Å². The molecule has 0 saturated heterocycles. The summed E-state index contributed by atoms with van der Waals surface area (Å²) in [4.78, 5) is 12.5. The van der Waals surface area contributed by atoms with Gasteiger partial charge in [-0.15, -0.1) is 0 Å². The van der Waals surface area contributed by atoms with Crippen molar-refractivity contribution in [1.82, 2.24) is 4.90 Å². The molecule has 0 heterocycles. The van der Waals surface area contributed by atoms with Gasteiger partial charge in [0.05, 0.1) is 4.92 Å².